The van der Waals surface area contributed by atoms with Crippen LogP contribution in [0.15, 0.2) is 29.1 Å². The molecular formula is C11H11N3OS. The first-order valence-corrected chi connectivity index (χ1v) is 5.67. The van der Waals surface area contributed by atoms with Gasteiger partial charge < -0.3 is 11.1 Å². The van der Waals surface area contributed by atoms with Gasteiger partial charge in [-0.3, -0.25) is 4.79 Å². The Morgan fingerprint density at radius 1 is 1.44 bits per heavy atom. The van der Waals surface area contributed by atoms with E-state index in [0.717, 1.165) is 5.56 Å². The average molecular weight is 233 g/mol. The Balaban J connectivity index is 2.14. The number of rotatable bonds is 2. The van der Waals surface area contributed by atoms with Gasteiger partial charge in [-0.05, 0) is 30.0 Å². The van der Waals surface area contributed by atoms with Gasteiger partial charge in [-0.2, -0.15) is 11.3 Å². The number of pyridine rings is 1. The van der Waals surface area contributed by atoms with E-state index in [4.69, 9.17) is 5.73 Å². The molecule has 0 bridgehead atoms. The van der Waals surface area contributed by atoms with Crippen molar-refractivity contribution in [1.29, 1.82) is 0 Å². The minimum absolute atomic E-state index is 0.143. The lowest BCUT2D eigenvalue weighted by molar-refractivity contribution is 0.102. The molecule has 2 rings (SSSR count). The number of aromatic nitrogens is 1. The number of hydrogen-bond donors (Lipinski definition) is 2. The van der Waals surface area contributed by atoms with Gasteiger partial charge in [0.05, 0.1) is 17.4 Å². The standard InChI is InChI=1S/C11H11N3OS/c1-7-5-16-6-9(7)11(15)14-10-3-2-8(12)4-13-10/h2-6H,12H2,1H3,(H,13,14,15). The summed E-state index contributed by atoms with van der Waals surface area (Å²) in [5, 5.41) is 6.47. The van der Waals surface area contributed by atoms with Crippen LogP contribution >= 0.6 is 11.3 Å². The van der Waals surface area contributed by atoms with Gasteiger partial charge in [-0.15, -0.1) is 0 Å². The van der Waals surface area contributed by atoms with Crippen molar-refractivity contribution in [3.8, 4) is 0 Å². The first kappa shape index (κ1) is 10.6. The highest BCUT2D eigenvalue weighted by atomic mass is 32.1. The zero-order valence-electron chi connectivity index (χ0n) is 8.73. The highest BCUT2D eigenvalue weighted by Crippen LogP contribution is 2.15. The van der Waals surface area contributed by atoms with E-state index >= 15 is 0 Å². The molecule has 4 nitrogen and oxygen atoms in total. The van der Waals surface area contributed by atoms with E-state index in [1.807, 2.05) is 17.7 Å². The van der Waals surface area contributed by atoms with Crippen LogP contribution in [-0.2, 0) is 0 Å². The Morgan fingerprint density at radius 3 is 2.81 bits per heavy atom. The van der Waals surface area contributed by atoms with Crippen LogP contribution in [0.2, 0.25) is 0 Å². The number of carbonyl (C=O) groups excluding carboxylic acids is 1. The summed E-state index contributed by atoms with van der Waals surface area (Å²) < 4.78 is 0. The lowest BCUT2D eigenvalue weighted by Gasteiger charge is -2.03. The number of thiophene rings is 1. The molecule has 2 aromatic rings. The van der Waals surface area contributed by atoms with Crippen molar-refractivity contribution in [2.24, 2.45) is 0 Å². The van der Waals surface area contributed by atoms with E-state index in [1.54, 1.807) is 12.1 Å². The van der Waals surface area contributed by atoms with Gasteiger partial charge in [0, 0.05) is 5.38 Å². The lowest BCUT2D eigenvalue weighted by Crippen LogP contribution is -2.13. The van der Waals surface area contributed by atoms with Crippen LogP contribution in [-0.4, -0.2) is 10.9 Å². The van der Waals surface area contributed by atoms with E-state index in [2.05, 4.69) is 10.3 Å². The molecule has 3 N–H and O–H groups in total. The molecule has 0 atom stereocenters. The van der Waals surface area contributed by atoms with Gasteiger partial charge >= 0.3 is 0 Å². The van der Waals surface area contributed by atoms with Crippen molar-refractivity contribution in [3.05, 3.63) is 40.2 Å². The maximum Gasteiger partial charge on any atom is 0.257 e. The van der Waals surface area contributed by atoms with E-state index in [1.165, 1.54) is 17.5 Å². The molecule has 2 heterocycles. The number of nitrogens with one attached hydrogen (secondary N) is 1. The molecule has 0 aliphatic rings. The predicted octanol–water partition coefficient (Wildman–Crippen LogP) is 2.29. The topological polar surface area (TPSA) is 68.0 Å². The fourth-order valence-corrected chi connectivity index (χ4v) is 2.08. The summed E-state index contributed by atoms with van der Waals surface area (Å²) in [5.41, 5.74) is 7.73. The number of anilines is 2. The summed E-state index contributed by atoms with van der Waals surface area (Å²) in [5.74, 6) is 0.362. The van der Waals surface area contributed by atoms with E-state index in [0.29, 0.717) is 17.1 Å². The first-order valence-electron chi connectivity index (χ1n) is 4.72. The van der Waals surface area contributed by atoms with Gasteiger partial charge in [0.15, 0.2) is 0 Å². The minimum atomic E-state index is -0.143. The highest BCUT2D eigenvalue weighted by Gasteiger charge is 2.10. The summed E-state index contributed by atoms with van der Waals surface area (Å²) in [4.78, 5) is 15.8. The molecular weight excluding hydrogens is 222 g/mol. The Bertz CT molecular complexity index is 504. The molecule has 16 heavy (non-hydrogen) atoms. The molecule has 0 fully saturated rings. The van der Waals surface area contributed by atoms with Gasteiger partial charge in [0.1, 0.15) is 5.82 Å². The van der Waals surface area contributed by atoms with E-state index in [9.17, 15) is 4.79 Å². The summed E-state index contributed by atoms with van der Waals surface area (Å²) in [6, 6.07) is 3.37. The van der Waals surface area contributed by atoms with Crippen molar-refractivity contribution in [3.63, 3.8) is 0 Å². The molecule has 0 spiro atoms. The van der Waals surface area contributed by atoms with Crippen molar-refractivity contribution in [2.45, 2.75) is 6.92 Å². The van der Waals surface area contributed by atoms with Crippen LogP contribution in [0.25, 0.3) is 0 Å². The quantitative estimate of drug-likeness (QED) is 0.836. The van der Waals surface area contributed by atoms with Gasteiger partial charge in [-0.25, -0.2) is 4.98 Å². The third-order valence-electron chi connectivity index (χ3n) is 2.13. The molecule has 0 aliphatic carbocycles. The zero-order chi connectivity index (χ0) is 11.5. The third kappa shape index (κ3) is 2.20. The lowest BCUT2D eigenvalue weighted by atomic mass is 10.2. The normalized spacial score (nSPS) is 10.1. The van der Waals surface area contributed by atoms with Crippen LogP contribution in [0.1, 0.15) is 15.9 Å². The summed E-state index contributed by atoms with van der Waals surface area (Å²) in [6.45, 7) is 1.90. The van der Waals surface area contributed by atoms with E-state index in [-0.39, 0.29) is 5.91 Å². The van der Waals surface area contributed by atoms with Gasteiger partial charge in [0.25, 0.3) is 5.91 Å². The number of nitrogens with zero attached hydrogens (tertiary/aromatic N) is 1. The fraction of sp³-hybridized carbons (Fsp3) is 0.0909. The van der Waals surface area contributed by atoms with E-state index < -0.39 is 0 Å². The molecule has 0 unspecified atom stereocenters. The van der Waals surface area contributed by atoms with Crippen molar-refractivity contribution >= 4 is 28.7 Å². The summed E-state index contributed by atoms with van der Waals surface area (Å²) in [7, 11) is 0. The molecule has 82 valence electrons. The van der Waals surface area contributed by atoms with Gasteiger partial charge in [-0.1, -0.05) is 0 Å². The predicted molar refractivity (Wildman–Crippen MR) is 65.7 cm³/mol. The molecule has 5 heteroatoms. The number of nitrogen functional groups attached to an aromatic ring is 1. The minimum Gasteiger partial charge on any atom is -0.397 e. The molecule has 0 aromatic carbocycles. The van der Waals surface area contributed by atoms with Crippen molar-refractivity contribution in [1.82, 2.24) is 4.98 Å². The number of nitrogens with two attached hydrogens (primary N) is 1. The molecule has 0 saturated carbocycles. The Labute approximate surface area is 97.1 Å². The first-order chi connectivity index (χ1) is 7.66. The van der Waals surface area contributed by atoms with Crippen LogP contribution in [0, 0.1) is 6.92 Å². The smallest absolute Gasteiger partial charge is 0.257 e. The maximum absolute atomic E-state index is 11.8. The second-order valence-corrected chi connectivity index (χ2v) is 4.14. The molecule has 0 radical (unpaired) electrons. The summed E-state index contributed by atoms with van der Waals surface area (Å²) in [6.07, 6.45) is 1.51. The number of carbonyl (C=O) groups is 1. The number of aryl methyl sites for hydroxylation is 1. The Hall–Kier alpha value is -1.88. The van der Waals surface area contributed by atoms with Crippen molar-refractivity contribution in [2.75, 3.05) is 11.1 Å². The van der Waals surface area contributed by atoms with Crippen LogP contribution < -0.4 is 11.1 Å². The largest absolute Gasteiger partial charge is 0.397 e. The summed E-state index contributed by atoms with van der Waals surface area (Å²) >= 11 is 1.51. The highest BCUT2D eigenvalue weighted by molar-refractivity contribution is 7.08. The second kappa shape index (κ2) is 4.32. The third-order valence-corrected chi connectivity index (χ3v) is 2.99. The molecule has 0 saturated heterocycles. The van der Waals surface area contributed by atoms with Gasteiger partial charge in [0.2, 0.25) is 0 Å². The molecule has 1 amide bonds. The van der Waals surface area contributed by atoms with Crippen LogP contribution in [0.4, 0.5) is 11.5 Å². The molecule has 0 aliphatic heterocycles. The second-order valence-electron chi connectivity index (χ2n) is 3.40. The number of amides is 1. The fourth-order valence-electron chi connectivity index (χ4n) is 1.26. The van der Waals surface area contributed by atoms with Crippen LogP contribution in [0.5, 0.6) is 0 Å². The SMILES string of the molecule is Cc1cscc1C(=O)Nc1ccc(N)cn1. The maximum atomic E-state index is 11.8. The zero-order valence-corrected chi connectivity index (χ0v) is 9.54. The monoisotopic (exact) mass is 233 g/mol. The Kier molecular flexibility index (Phi) is 2.87. The number of hydrogen-bond acceptors (Lipinski definition) is 4. The average Bonchev–Trinajstić information content (AvgIpc) is 2.68. The van der Waals surface area contributed by atoms with Crippen LogP contribution in [0.3, 0.4) is 0 Å². The Morgan fingerprint density at radius 2 is 2.25 bits per heavy atom. The molecule has 2 aromatic heterocycles. The van der Waals surface area contributed by atoms with Crippen molar-refractivity contribution < 1.29 is 4.79 Å².